The highest BCUT2D eigenvalue weighted by Crippen LogP contribution is 2.51. The Hall–Kier alpha value is -2.60. The average Bonchev–Trinajstić information content (AvgIpc) is 3.19. The number of ether oxygens (including phenoxy) is 2. The molecule has 6 heteroatoms. The molecule has 1 N–H and O–H groups in total. The smallest absolute Gasteiger partial charge is 0.219 e. The van der Waals surface area contributed by atoms with E-state index >= 15 is 0 Å². The minimum Gasteiger partial charge on any atom is -0.439 e. The second kappa shape index (κ2) is 5.46. The normalized spacial score (nSPS) is 20.0. The zero-order valence-electron chi connectivity index (χ0n) is 14.2. The Morgan fingerprint density at radius 1 is 1.24 bits per heavy atom. The molecule has 3 aliphatic rings. The van der Waals surface area contributed by atoms with Gasteiger partial charge >= 0.3 is 0 Å². The third-order valence-corrected chi connectivity index (χ3v) is 5.35. The summed E-state index contributed by atoms with van der Waals surface area (Å²) < 4.78 is 12.0. The fourth-order valence-electron chi connectivity index (χ4n) is 3.76. The van der Waals surface area contributed by atoms with Crippen LogP contribution in [0.1, 0.15) is 37.3 Å². The molecule has 5 rings (SSSR count). The van der Waals surface area contributed by atoms with Crippen LogP contribution in [0.5, 0.6) is 11.6 Å². The maximum absolute atomic E-state index is 6.04. The minimum absolute atomic E-state index is 0.0500. The molecule has 1 aromatic carbocycles. The molecule has 0 bridgehead atoms. The first-order chi connectivity index (χ1) is 12.2. The molecule has 6 nitrogen and oxygen atoms in total. The topological polar surface area (TPSA) is 59.0 Å². The van der Waals surface area contributed by atoms with Gasteiger partial charge in [-0.1, -0.05) is 6.07 Å². The number of hydrogen-bond donors (Lipinski definition) is 1. The van der Waals surface area contributed by atoms with Crippen LogP contribution in [0.3, 0.4) is 0 Å². The lowest BCUT2D eigenvalue weighted by Crippen LogP contribution is -2.33. The summed E-state index contributed by atoms with van der Waals surface area (Å²) in [5, 5.41) is 4.17. The van der Waals surface area contributed by atoms with Gasteiger partial charge in [-0.15, -0.1) is 0 Å². The average molecular weight is 336 g/mol. The molecular formula is C19H20N4O2. The van der Waals surface area contributed by atoms with Gasteiger partial charge in [0.05, 0.1) is 24.1 Å². The highest BCUT2D eigenvalue weighted by Gasteiger charge is 2.45. The van der Waals surface area contributed by atoms with Crippen molar-refractivity contribution in [3.63, 3.8) is 0 Å². The number of anilines is 1. The second-order valence-electron chi connectivity index (χ2n) is 6.82. The zero-order chi connectivity index (χ0) is 16.9. The number of rotatable bonds is 3. The van der Waals surface area contributed by atoms with Crippen LogP contribution >= 0.6 is 0 Å². The summed E-state index contributed by atoms with van der Waals surface area (Å²) in [6, 6.07) is 10.1. The van der Waals surface area contributed by atoms with Crippen LogP contribution in [-0.2, 0) is 16.9 Å². The molecular weight excluding hydrogens is 316 g/mol. The molecule has 1 aliphatic carbocycles. The number of hydrazone groups is 1. The van der Waals surface area contributed by atoms with Crippen molar-refractivity contribution >= 4 is 11.5 Å². The molecule has 1 spiro atoms. The largest absolute Gasteiger partial charge is 0.439 e. The number of aromatic nitrogens is 1. The first kappa shape index (κ1) is 14.7. The van der Waals surface area contributed by atoms with Crippen molar-refractivity contribution in [3.8, 4) is 11.6 Å². The summed E-state index contributed by atoms with van der Waals surface area (Å²) in [5.41, 5.74) is 6.48. The standard InChI is InChI=1S/C19H20N4O2/c1-13-22-21-12-23(13)15-4-6-18(20-10-15)25-16-5-3-14-11-24-19(7-2-8-19)17(14)9-16/h3-6,9-10,21H,2,7-8,11-12H2,1H3. The van der Waals surface area contributed by atoms with E-state index in [0.717, 1.165) is 30.1 Å². The number of nitrogens with zero attached hydrogens (tertiary/aromatic N) is 3. The number of pyridine rings is 1. The van der Waals surface area contributed by atoms with Crippen LogP contribution in [0, 0.1) is 0 Å². The van der Waals surface area contributed by atoms with Gasteiger partial charge < -0.3 is 14.4 Å². The quantitative estimate of drug-likeness (QED) is 0.930. The van der Waals surface area contributed by atoms with Crippen LogP contribution in [0.15, 0.2) is 41.6 Å². The SMILES string of the molecule is CC1=NNCN1c1ccc(Oc2ccc3c(c2)C2(CCC2)OC3)nc1. The summed E-state index contributed by atoms with van der Waals surface area (Å²) in [5.74, 6) is 2.34. The van der Waals surface area contributed by atoms with Gasteiger partial charge in [-0.25, -0.2) is 4.98 Å². The number of hydrogen-bond acceptors (Lipinski definition) is 6. The van der Waals surface area contributed by atoms with Gasteiger partial charge in [-0.2, -0.15) is 5.10 Å². The number of fused-ring (bicyclic) bond motifs is 2. The third-order valence-electron chi connectivity index (χ3n) is 5.35. The van der Waals surface area contributed by atoms with Gasteiger partial charge in [0.1, 0.15) is 18.3 Å². The third kappa shape index (κ3) is 2.36. The van der Waals surface area contributed by atoms with Crippen LogP contribution < -0.4 is 15.1 Å². The zero-order valence-corrected chi connectivity index (χ0v) is 14.2. The van der Waals surface area contributed by atoms with Crippen molar-refractivity contribution in [1.29, 1.82) is 0 Å². The van der Waals surface area contributed by atoms with E-state index in [-0.39, 0.29) is 5.60 Å². The number of benzene rings is 1. The van der Waals surface area contributed by atoms with E-state index in [1.165, 1.54) is 17.5 Å². The summed E-state index contributed by atoms with van der Waals surface area (Å²) in [6.45, 7) is 3.35. The van der Waals surface area contributed by atoms with Gasteiger partial charge in [0.25, 0.3) is 0 Å². The van der Waals surface area contributed by atoms with Gasteiger partial charge in [-0.05, 0) is 55.5 Å². The molecule has 1 saturated carbocycles. The van der Waals surface area contributed by atoms with Crippen molar-refractivity contribution in [2.75, 3.05) is 11.6 Å². The van der Waals surface area contributed by atoms with Crippen molar-refractivity contribution in [1.82, 2.24) is 10.4 Å². The van der Waals surface area contributed by atoms with E-state index in [1.54, 1.807) is 0 Å². The molecule has 0 unspecified atom stereocenters. The van der Waals surface area contributed by atoms with Gasteiger partial charge in [0.15, 0.2) is 0 Å². The lowest BCUT2D eigenvalue weighted by molar-refractivity contribution is -0.0944. The lowest BCUT2D eigenvalue weighted by Gasteiger charge is -2.38. The molecule has 0 atom stereocenters. The van der Waals surface area contributed by atoms with Crippen molar-refractivity contribution in [2.24, 2.45) is 5.10 Å². The maximum atomic E-state index is 6.04. The minimum atomic E-state index is -0.0500. The Morgan fingerprint density at radius 3 is 2.84 bits per heavy atom. The Kier molecular flexibility index (Phi) is 3.21. The van der Waals surface area contributed by atoms with Gasteiger partial charge in [-0.3, -0.25) is 5.43 Å². The summed E-state index contributed by atoms with van der Waals surface area (Å²) in [7, 11) is 0. The molecule has 0 saturated heterocycles. The highest BCUT2D eigenvalue weighted by atomic mass is 16.5. The van der Waals surface area contributed by atoms with Crippen LogP contribution in [-0.4, -0.2) is 17.5 Å². The summed E-state index contributed by atoms with van der Waals surface area (Å²) in [6.07, 6.45) is 5.27. The van der Waals surface area contributed by atoms with Crippen molar-refractivity contribution < 1.29 is 9.47 Å². The number of nitrogens with one attached hydrogen (secondary N) is 1. The fraction of sp³-hybridized carbons (Fsp3) is 0.368. The molecule has 2 aromatic rings. The molecule has 0 radical (unpaired) electrons. The molecule has 1 fully saturated rings. The van der Waals surface area contributed by atoms with E-state index in [0.29, 0.717) is 19.2 Å². The predicted octanol–water partition coefficient (Wildman–Crippen LogP) is 3.48. The second-order valence-corrected chi connectivity index (χ2v) is 6.82. The molecule has 2 aliphatic heterocycles. The van der Waals surface area contributed by atoms with Crippen LogP contribution in [0.25, 0.3) is 0 Å². The van der Waals surface area contributed by atoms with E-state index < -0.39 is 0 Å². The molecule has 1 aromatic heterocycles. The Labute approximate surface area is 146 Å². The maximum Gasteiger partial charge on any atom is 0.219 e. The van der Waals surface area contributed by atoms with E-state index in [2.05, 4.69) is 32.5 Å². The Balaban J connectivity index is 1.36. The molecule has 25 heavy (non-hydrogen) atoms. The monoisotopic (exact) mass is 336 g/mol. The predicted molar refractivity (Wildman–Crippen MR) is 94.7 cm³/mol. The first-order valence-electron chi connectivity index (χ1n) is 8.70. The van der Waals surface area contributed by atoms with E-state index in [9.17, 15) is 0 Å². The van der Waals surface area contributed by atoms with Crippen molar-refractivity contribution in [2.45, 2.75) is 38.4 Å². The first-order valence-corrected chi connectivity index (χ1v) is 8.70. The number of amidine groups is 1. The van der Waals surface area contributed by atoms with Gasteiger partial charge in [0, 0.05) is 6.07 Å². The summed E-state index contributed by atoms with van der Waals surface area (Å²) in [4.78, 5) is 6.50. The molecule has 0 amide bonds. The molecule has 3 heterocycles. The van der Waals surface area contributed by atoms with E-state index in [1.807, 2.05) is 31.3 Å². The highest BCUT2D eigenvalue weighted by molar-refractivity contribution is 5.96. The lowest BCUT2D eigenvalue weighted by atomic mass is 9.75. The van der Waals surface area contributed by atoms with Gasteiger partial charge in [0.2, 0.25) is 5.88 Å². The Bertz CT molecular complexity index is 843. The van der Waals surface area contributed by atoms with Crippen LogP contribution in [0.2, 0.25) is 0 Å². The molecule has 128 valence electrons. The van der Waals surface area contributed by atoms with E-state index in [4.69, 9.17) is 9.47 Å². The van der Waals surface area contributed by atoms with Crippen molar-refractivity contribution in [3.05, 3.63) is 47.7 Å². The fourth-order valence-corrected chi connectivity index (χ4v) is 3.76. The Morgan fingerprint density at radius 2 is 2.16 bits per heavy atom. The van der Waals surface area contributed by atoms with Crippen LogP contribution in [0.4, 0.5) is 5.69 Å². The summed E-state index contributed by atoms with van der Waals surface area (Å²) >= 11 is 0.